The van der Waals surface area contributed by atoms with Crippen LogP contribution in [0.5, 0.6) is 0 Å². The first-order valence-corrected chi connectivity index (χ1v) is 14.8. The predicted molar refractivity (Wildman–Crippen MR) is 153 cm³/mol. The number of ether oxygens (including phenoxy) is 2. The molecule has 0 radical (unpaired) electrons. The predicted octanol–water partition coefficient (Wildman–Crippen LogP) is 1.86. The number of rotatable bonds is 14. The molecule has 42 heavy (non-hydrogen) atoms. The molecule has 1 aromatic rings. The van der Waals surface area contributed by atoms with Gasteiger partial charge in [0.15, 0.2) is 0 Å². The van der Waals surface area contributed by atoms with Crippen molar-refractivity contribution in [1.82, 2.24) is 20.9 Å². The van der Waals surface area contributed by atoms with Gasteiger partial charge in [0.25, 0.3) is 5.91 Å². The highest BCUT2D eigenvalue weighted by Gasteiger charge is 2.35. The Hall–Kier alpha value is -3.51. The second-order valence-corrected chi connectivity index (χ2v) is 11.3. The van der Waals surface area contributed by atoms with Crippen LogP contribution in [-0.4, -0.2) is 90.6 Å². The third-order valence-corrected chi connectivity index (χ3v) is 7.68. The molecule has 1 saturated carbocycles. The van der Waals surface area contributed by atoms with Gasteiger partial charge in [0, 0.05) is 13.1 Å². The van der Waals surface area contributed by atoms with Crippen LogP contribution in [-0.2, 0) is 35.3 Å². The van der Waals surface area contributed by atoms with Crippen LogP contribution in [0.15, 0.2) is 30.3 Å². The number of amides is 4. The van der Waals surface area contributed by atoms with Crippen molar-refractivity contribution < 1.29 is 38.6 Å². The molecule has 12 heteroatoms. The molecule has 2 unspecified atom stereocenters. The SMILES string of the molecule is CC(C)C(NC(=O)C(=O)C(COCc1ccccc1)NC(=O)[C@@H](CC1CCCCC1)NC(=O)N1CCOCC1)C(=O)O. The van der Waals surface area contributed by atoms with Crippen LogP contribution in [0.4, 0.5) is 4.79 Å². The van der Waals surface area contributed by atoms with Crippen LogP contribution >= 0.6 is 0 Å². The number of carboxylic acids is 1. The summed E-state index contributed by atoms with van der Waals surface area (Å²) in [4.78, 5) is 66.0. The van der Waals surface area contributed by atoms with Crippen molar-refractivity contribution in [2.75, 3.05) is 32.9 Å². The Morgan fingerprint density at radius 1 is 0.952 bits per heavy atom. The molecule has 1 aromatic carbocycles. The van der Waals surface area contributed by atoms with Crippen molar-refractivity contribution in [3.63, 3.8) is 0 Å². The van der Waals surface area contributed by atoms with Gasteiger partial charge in [0.1, 0.15) is 18.1 Å². The first-order valence-electron chi connectivity index (χ1n) is 14.8. The molecule has 0 aromatic heterocycles. The number of urea groups is 1. The molecule has 1 aliphatic heterocycles. The highest BCUT2D eigenvalue weighted by atomic mass is 16.5. The van der Waals surface area contributed by atoms with Crippen LogP contribution < -0.4 is 16.0 Å². The smallest absolute Gasteiger partial charge is 0.326 e. The van der Waals surface area contributed by atoms with E-state index >= 15 is 0 Å². The molecule has 1 saturated heterocycles. The van der Waals surface area contributed by atoms with Crippen molar-refractivity contribution in [1.29, 1.82) is 0 Å². The highest BCUT2D eigenvalue weighted by Crippen LogP contribution is 2.27. The topological polar surface area (TPSA) is 163 Å². The van der Waals surface area contributed by atoms with Crippen LogP contribution in [0.3, 0.4) is 0 Å². The van der Waals surface area contributed by atoms with Crippen LogP contribution in [0.1, 0.15) is 57.9 Å². The van der Waals surface area contributed by atoms with Crippen LogP contribution in [0.2, 0.25) is 0 Å². The van der Waals surface area contributed by atoms with Gasteiger partial charge in [0.2, 0.25) is 11.7 Å². The molecule has 3 rings (SSSR count). The quantitative estimate of drug-likeness (QED) is 0.239. The lowest BCUT2D eigenvalue weighted by molar-refractivity contribution is -0.146. The number of ketones is 1. The van der Waals surface area contributed by atoms with E-state index in [0.717, 1.165) is 37.7 Å². The molecule has 3 atom stereocenters. The molecule has 232 valence electrons. The zero-order valence-corrected chi connectivity index (χ0v) is 24.5. The van der Waals surface area contributed by atoms with Gasteiger partial charge < -0.3 is 35.4 Å². The number of Topliss-reactive ketones (excluding diaryl/α,β-unsaturated/α-hetero) is 1. The average molecular weight is 589 g/mol. The molecule has 0 spiro atoms. The highest BCUT2D eigenvalue weighted by molar-refractivity contribution is 6.38. The van der Waals surface area contributed by atoms with Gasteiger partial charge in [-0.3, -0.25) is 14.4 Å². The summed E-state index contributed by atoms with van der Waals surface area (Å²) < 4.78 is 11.0. The molecular formula is C30H44N4O8. The summed E-state index contributed by atoms with van der Waals surface area (Å²) in [6, 6.07) is 5.20. The molecule has 4 N–H and O–H groups in total. The summed E-state index contributed by atoms with van der Waals surface area (Å²) in [7, 11) is 0. The Morgan fingerprint density at radius 2 is 1.62 bits per heavy atom. The van der Waals surface area contributed by atoms with Crippen molar-refractivity contribution in [2.24, 2.45) is 11.8 Å². The third kappa shape index (κ3) is 10.4. The lowest BCUT2D eigenvalue weighted by Crippen LogP contribution is -2.58. The number of benzene rings is 1. The number of hydrogen-bond donors (Lipinski definition) is 4. The van der Waals surface area contributed by atoms with E-state index < -0.39 is 53.6 Å². The number of morpholine rings is 1. The van der Waals surface area contributed by atoms with Crippen LogP contribution in [0.25, 0.3) is 0 Å². The van der Waals surface area contributed by atoms with Gasteiger partial charge in [-0.05, 0) is 23.8 Å². The summed E-state index contributed by atoms with van der Waals surface area (Å²) in [5.41, 5.74) is 0.832. The summed E-state index contributed by atoms with van der Waals surface area (Å²) in [5.74, 6) is -4.28. The lowest BCUT2D eigenvalue weighted by atomic mass is 9.84. The van der Waals surface area contributed by atoms with Gasteiger partial charge in [-0.1, -0.05) is 76.3 Å². The Bertz CT molecular complexity index is 1050. The normalized spacial score (nSPS) is 18.0. The maximum Gasteiger partial charge on any atom is 0.326 e. The number of carboxylic acid groups (broad SMARTS) is 1. The van der Waals surface area contributed by atoms with E-state index in [0.29, 0.717) is 32.7 Å². The zero-order valence-electron chi connectivity index (χ0n) is 24.5. The number of carbonyl (C=O) groups is 5. The monoisotopic (exact) mass is 588 g/mol. The summed E-state index contributed by atoms with van der Waals surface area (Å²) >= 11 is 0. The van der Waals surface area contributed by atoms with Crippen molar-refractivity contribution in [3.05, 3.63) is 35.9 Å². The van der Waals surface area contributed by atoms with E-state index in [1.165, 1.54) is 0 Å². The van der Waals surface area contributed by atoms with E-state index in [2.05, 4.69) is 16.0 Å². The fourth-order valence-electron chi connectivity index (χ4n) is 5.20. The third-order valence-electron chi connectivity index (χ3n) is 7.68. The largest absolute Gasteiger partial charge is 0.480 e. The fourth-order valence-corrected chi connectivity index (χ4v) is 5.20. The lowest BCUT2D eigenvalue weighted by Gasteiger charge is -2.31. The Balaban J connectivity index is 1.75. The van der Waals surface area contributed by atoms with Gasteiger partial charge in [-0.2, -0.15) is 0 Å². The van der Waals surface area contributed by atoms with E-state index in [9.17, 15) is 29.1 Å². The van der Waals surface area contributed by atoms with Gasteiger partial charge >= 0.3 is 12.0 Å². The summed E-state index contributed by atoms with van der Waals surface area (Å²) in [6.45, 7) is 4.65. The Morgan fingerprint density at radius 3 is 2.24 bits per heavy atom. The second-order valence-electron chi connectivity index (χ2n) is 11.3. The van der Waals surface area contributed by atoms with Gasteiger partial charge in [0.05, 0.1) is 26.4 Å². The molecule has 1 aliphatic carbocycles. The molecule has 0 bridgehead atoms. The number of hydrogen-bond acceptors (Lipinski definition) is 7. The minimum absolute atomic E-state index is 0.130. The minimum Gasteiger partial charge on any atom is -0.480 e. The van der Waals surface area contributed by atoms with Crippen molar-refractivity contribution >= 4 is 29.6 Å². The van der Waals surface area contributed by atoms with Crippen LogP contribution in [0, 0.1) is 11.8 Å². The van der Waals surface area contributed by atoms with E-state index in [4.69, 9.17) is 9.47 Å². The maximum atomic E-state index is 13.6. The first kappa shape index (κ1) is 33.0. The maximum absolute atomic E-state index is 13.6. The Labute approximate surface area is 246 Å². The molecule has 2 aliphatic rings. The molecule has 12 nitrogen and oxygen atoms in total. The zero-order chi connectivity index (χ0) is 30.5. The van der Waals surface area contributed by atoms with E-state index in [-0.39, 0.29) is 19.1 Å². The number of aliphatic carboxylic acids is 1. The van der Waals surface area contributed by atoms with E-state index in [1.807, 2.05) is 30.3 Å². The number of nitrogens with zero attached hydrogens (tertiary/aromatic N) is 1. The first-order chi connectivity index (χ1) is 20.2. The standard InChI is InChI=1S/C30H44N4O8/c1-20(2)25(29(38)39)33-28(37)26(35)24(19-42-18-22-11-7-4-8-12-22)31-27(36)23(17-21-9-5-3-6-10-21)32-30(40)34-13-15-41-16-14-34/h4,7-8,11-12,20-21,23-25H,3,5-6,9-10,13-19H2,1-2H3,(H,31,36)(H,32,40)(H,33,37)(H,38,39)/t23-,24?,25?/m1/s1. The molecule has 4 amide bonds. The van der Waals surface area contributed by atoms with Gasteiger partial charge in [-0.25, -0.2) is 9.59 Å². The number of nitrogens with one attached hydrogen (secondary N) is 3. The minimum atomic E-state index is -1.39. The molecular weight excluding hydrogens is 544 g/mol. The summed E-state index contributed by atoms with van der Waals surface area (Å²) in [6.07, 6.45) is 5.50. The molecule has 1 heterocycles. The van der Waals surface area contributed by atoms with Crippen molar-refractivity contribution in [2.45, 2.75) is 77.1 Å². The second kappa shape index (κ2) is 16.8. The fraction of sp³-hybridized carbons (Fsp3) is 0.633. The van der Waals surface area contributed by atoms with Gasteiger partial charge in [-0.15, -0.1) is 0 Å². The van der Waals surface area contributed by atoms with E-state index in [1.54, 1.807) is 18.7 Å². The Kier molecular flexibility index (Phi) is 13.2. The summed E-state index contributed by atoms with van der Waals surface area (Å²) in [5, 5.41) is 17.2. The average Bonchev–Trinajstić information content (AvgIpc) is 2.99. The molecule has 2 fully saturated rings. The van der Waals surface area contributed by atoms with Crippen molar-refractivity contribution in [3.8, 4) is 0 Å². The number of carbonyl (C=O) groups excluding carboxylic acids is 4.